The van der Waals surface area contributed by atoms with Crippen molar-refractivity contribution in [2.45, 2.75) is 6.92 Å². The summed E-state index contributed by atoms with van der Waals surface area (Å²) in [6.45, 7) is 0.811. The fourth-order valence-electron chi connectivity index (χ4n) is 2.19. The van der Waals surface area contributed by atoms with Crippen LogP contribution in [0.5, 0.6) is 6.01 Å². The fourth-order valence-corrected chi connectivity index (χ4v) is 2.19. The molecule has 0 saturated carbocycles. The second-order valence-corrected chi connectivity index (χ2v) is 4.59. The SMILES string of the molecule is Cc1nn2c(=O)[nH]c(OCCF)nc2c1-c1ccc(F)cc1. The van der Waals surface area contributed by atoms with Crippen molar-refractivity contribution in [3.63, 3.8) is 0 Å². The van der Waals surface area contributed by atoms with E-state index in [1.165, 1.54) is 12.1 Å². The molecule has 0 aliphatic heterocycles. The van der Waals surface area contributed by atoms with Gasteiger partial charge < -0.3 is 4.74 Å². The minimum absolute atomic E-state index is 0.0848. The van der Waals surface area contributed by atoms with E-state index in [0.717, 1.165) is 4.52 Å². The number of benzene rings is 1. The maximum absolute atomic E-state index is 13.1. The van der Waals surface area contributed by atoms with Crippen molar-refractivity contribution in [1.29, 1.82) is 0 Å². The van der Waals surface area contributed by atoms with E-state index < -0.39 is 12.4 Å². The monoisotopic (exact) mass is 306 g/mol. The first-order chi connectivity index (χ1) is 10.6. The number of alkyl halides is 1. The highest BCUT2D eigenvalue weighted by atomic mass is 19.1. The smallest absolute Gasteiger partial charge is 0.352 e. The Morgan fingerprint density at radius 1 is 1.32 bits per heavy atom. The van der Waals surface area contributed by atoms with Crippen LogP contribution in [0.25, 0.3) is 16.8 Å². The number of halogens is 2. The third kappa shape index (κ3) is 2.43. The summed E-state index contributed by atoms with van der Waals surface area (Å²) in [5, 5.41) is 4.12. The molecule has 6 nitrogen and oxygen atoms in total. The largest absolute Gasteiger partial charge is 0.462 e. The van der Waals surface area contributed by atoms with Crippen molar-refractivity contribution < 1.29 is 13.5 Å². The molecule has 0 spiro atoms. The lowest BCUT2D eigenvalue weighted by molar-refractivity contribution is 0.253. The number of aromatic amines is 1. The van der Waals surface area contributed by atoms with Crippen LogP contribution in [0.2, 0.25) is 0 Å². The van der Waals surface area contributed by atoms with Crippen LogP contribution in [0.15, 0.2) is 29.1 Å². The molecular formula is C14H12F2N4O2. The Bertz CT molecular complexity index is 871. The number of hydrogen-bond acceptors (Lipinski definition) is 4. The maximum Gasteiger partial charge on any atom is 0.352 e. The molecule has 0 bridgehead atoms. The lowest BCUT2D eigenvalue weighted by Crippen LogP contribution is -2.20. The Hall–Kier alpha value is -2.77. The molecule has 0 amide bonds. The zero-order valence-electron chi connectivity index (χ0n) is 11.6. The van der Waals surface area contributed by atoms with Gasteiger partial charge in [0.15, 0.2) is 5.65 Å². The van der Waals surface area contributed by atoms with Crippen LogP contribution in [0.3, 0.4) is 0 Å². The highest BCUT2D eigenvalue weighted by Gasteiger charge is 2.16. The van der Waals surface area contributed by atoms with Crippen LogP contribution in [-0.4, -0.2) is 32.9 Å². The quantitative estimate of drug-likeness (QED) is 0.799. The van der Waals surface area contributed by atoms with Gasteiger partial charge in [0.05, 0.1) is 5.69 Å². The zero-order chi connectivity index (χ0) is 15.7. The first kappa shape index (κ1) is 14.2. The van der Waals surface area contributed by atoms with Crippen LogP contribution < -0.4 is 10.4 Å². The summed E-state index contributed by atoms with van der Waals surface area (Å²) in [4.78, 5) is 18.5. The highest BCUT2D eigenvalue weighted by Crippen LogP contribution is 2.26. The van der Waals surface area contributed by atoms with E-state index in [1.807, 2.05) is 0 Å². The third-order valence-electron chi connectivity index (χ3n) is 3.10. The van der Waals surface area contributed by atoms with Gasteiger partial charge in [0, 0.05) is 5.56 Å². The first-order valence-electron chi connectivity index (χ1n) is 6.54. The second-order valence-electron chi connectivity index (χ2n) is 4.59. The summed E-state index contributed by atoms with van der Waals surface area (Å²) in [7, 11) is 0. The van der Waals surface area contributed by atoms with E-state index in [-0.39, 0.29) is 24.1 Å². The Morgan fingerprint density at radius 3 is 2.73 bits per heavy atom. The molecule has 1 N–H and O–H groups in total. The molecule has 0 radical (unpaired) electrons. The number of aryl methyl sites for hydroxylation is 1. The summed E-state index contributed by atoms with van der Waals surface area (Å²) in [5.74, 6) is -0.365. The number of nitrogens with one attached hydrogen (secondary N) is 1. The van der Waals surface area contributed by atoms with Crippen molar-refractivity contribution >= 4 is 5.65 Å². The van der Waals surface area contributed by atoms with Gasteiger partial charge in [-0.2, -0.15) is 14.6 Å². The number of hydrogen-bond donors (Lipinski definition) is 1. The van der Waals surface area contributed by atoms with Crippen LogP contribution in [0.4, 0.5) is 8.78 Å². The average Bonchev–Trinajstić information content (AvgIpc) is 2.83. The molecule has 3 aromatic rings. The van der Waals surface area contributed by atoms with Crippen LogP contribution in [0.1, 0.15) is 5.69 Å². The predicted octanol–water partition coefficient (Wildman–Crippen LogP) is 1.88. The molecule has 0 aliphatic rings. The molecule has 0 atom stereocenters. The Labute approximate surface area is 123 Å². The van der Waals surface area contributed by atoms with Gasteiger partial charge in [0.1, 0.15) is 19.1 Å². The van der Waals surface area contributed by atoms with Gasteiger partial charge in [-0.1, -0.05) is 12.1 Å². The summed E-state index contributed by atoms with van der Waals surface area (Å²) in [6.07, 6.45) is 0. The second kappa shape index (κ2) is 5.55. The van der Waals surface area contributed by atoms with Gasteiger partial charge in [0.25, 0.3) is 6.01 Å². The number of ether oxygens (including phenoxy) is 1. The van der Waals surface area contributed by atoms with E-state index in [1.54, 1.807) is 19.1 Å². The van der Waals surface area contributed by atoms with Crippen molar-refractivity contribution in [3.05, 3.63) is 46.3 Å². The maximum atomic E-state index is 13.1. The Balaban J connectivity index is 2.20. The van der Waals surface area contributed by atoms with E-state index >= 15 is 0 Å². The molecule has 2 heterocycles. The minimum Gasteiger partial charge on any atom is -0.462 e. The van der Waals surface area contributed by atoms with Crippen molar-refractivity contribution in [1.82, 2.24) is 19.6 Å². The molecule has 1 aromatic carbocycles. The molecule has 0 saturated heterocycles. The number of aromatic nitrogens is 4. The average molecular weight is 306 g/mol. The van der Waals surface area contributed by atoms with Gasteiger partial charge >= 0.3 is 5.69 Å². The normalized spacial score (nSPS) is 11.0. The number of fused-ring (bicyclic) bond motifs is 1. The molecule has 0 fully saturated rings. The van der Waals surface area contributed by atoms with Gasteiger partial charge in [-0.15, -0.1) is 0 Å². The molecule has 3 rings (SSSR count). The number of H-pyrrole nitrogens is 1. The summed E-state index contributed by atoms with van der Waals surface area (Å²) < 4.78 is 31.4. The van der Waals surface area contributed by atoms with E-state index in [2.05, 4.69) is 15.1 Å². The molecule has 0 unspecified atom stereocenters. The van der Waals surface area contributed by atoms with Crippen LogP contribution >= 0.6 is 0 Å². The summed E-state index contributed by atoms with van der Waals surface area (Å²) in [6, 6.07) is 5.69. The Kier molecular flexibility index (Phi) is 3.58. The molecule has 22 heavy (non-hydrogen) atoms. The molecular weight excluding hydrogens is 294 g/mol. The summed E-state index contributed by atoms with van der Waals surface area (Å²) in [5.41, 5.74) is 1.55. The highest BCUT2D eigenvalue weighted by molar-refractivity contribution is 5.79. The molecule has 8 heteroatoms. The molecule has 0 aliphatic carbocycles. The minimum atomic E-state index is -0.696. The Morgan fingerprint density at radius 2 is 2.05 bits per heavy atom. The number of nitrogens with zero attached hydrogens (tertiary/aromatic N) is 3. The van der Waals surface area contributed by atoms with Crippen molar-refractivity contribution in [2.24, 2.45) is 0 Å². The molecule has 114 valence electrons. The predicted molar refractivity (Wildman–Crippen MR) is 75.2 cm³/mol. The lowest BCUT2D eigenvalue weighted by Gasteiger charge is -2.03. The fraction of sp³-hybridized carbons (Fsp3) is 0.214. The van der Waals surface area contributed by atoms with Gasteiger partial charge in [-0.05, 0) is 24.6 Å². The first-order valence-corrected chi connectivity index (χ1v) is 6.54. The van der Waals surface area contributed by atoms with Gasteiger partial charge in [0.2, 0.25) is 0 Å². The van der Waals surface area contributed by atoms with Crippen LogP contribution in [-0.2, 0) is 0 Å². The lowest BCUT2D eigenvalue weighted by atomic mass is 10.1. The van der Waals surface area contributed by atoms with E-state index in [0.29, 0.717) is 16.8 Å². The van der Waals surface area contributed by atoms with E-state index in [9.17, 15) is 13.6 Å². The van der Waals surface area contributed by atoms with Gasteiger partial charge in [-0.25, -0.2) is 13.6 Å². The van der Waals surface area contributed by atoms with Gasteiger partial charge in [-0.3, -0.25) is 4.98 Å². The van der Waals surface area contributed by atoms with Crippen LogP contribution in [0, 0.1) is 12.7 Å². The third-order valence-corrected chi connectivity index (χ3v) is 3.10. The number of rotatable bonds is 4. The van der Waals surface area contributed by atoms with E-state index in [4.69, 9.17) is 4.74 Å². The summed E-state index contributed by atoms with van der Waals surface area (Å²) >= 11 is 0. The zero-order valence-corrected chi connectivity index (χ0v) is 11.6. The topological polar surface area (TPSA) is 72.3 Å². The standard InChI is InChI=1S/C14H12F2N4O2/c1-8-11(9-2-4-10(16)5-3-9)12-17-13(22-7-6-15)18-14(21)20(12)19-8/h2-5H,6-7H2,1H3,(H,17,18,21). The van der Waals surface area contributed by atoms with Crippen molar-refractivity contribution in [2.75, 3.05) is 13.3 Å². The van der Waals surface area contributed by atoms with Crippen molar-refractivity contribution in [3.8, 4) is 17.1 Å². The molecule has 2 aromatic heterocycles.